The Morgan fingerprint density at radius 2 is 2.04 bits per heavy atom. The van der Waals surface area contributed by atoms with E-state index in [0.29, 0.717) is 24.2 Å². The number of amides is 1. The van der Waals surface area contributed by atoms with Gasteiger partial charge < -0.3 is 14.2 Å². The summed E-state index contributed by atoms with van der Waals surface area (Å²) >= 11 is 0. The van der Waals surface area contributed by atoms with E-state index in [9.17, 15) is 4.79 Å². The van der Waals surface area contributed by atoms with E-state index in [0.717, 1.165) is 63.6 Å². The molecule has 3 atom stereocenters. The van der Waals surface area contributed by atoms with Crippen LogP contribution in [-0.4, -0.2) is 59.8 Å². The summed E-state index contributed by atoms with van der Waals surface area (Å²) in [7, 11) is 0. The van der Waals surface area contributed by atoms with Crippen molar-refractivity contribution in [1.82, 2.24) is 15.0 Å². The number of hydrogen-bond donors (Lipinski definition) is 0. The average Bonchev–Trinajstić information content (AvgIpc) is 3.31. The van der Waals surface area contributed by atoms with Crippen LogP contribution in [0.2, 0.25) is 0 Å². The molecule has 132 valence electrons. The Balaban J connectivity index is 1.35. The lowest BCUT2D eigenvalue weighted by atomic mass is 9.90. The normalized spacial score (nSPS) is 30.2. The molecule has 4 rings (SSSR count). The third kappa shape index (κ3) is 2.97. The van der Waals surface area contributed by atoms with Crippen molar-refractivity contribution in [3.8, 4) is 0 Å². The van der Waals surface area contributed by atoms with Crippen LogP contribution in [0.4, 0.5) is 0 Å². The van der Waals surface area contributed by atoms with Gasteiger partial charge in [-0.25, -0.2) is 0 Å². The smallest absolute Gasteiger partial charge is 0.222 e. The van der Waals surface area contributed by atoms with Crippen molar-refractivity contribution in [2.75, 3.05) is 32.8 Å². The number of likely N-dealkylation sites (tertiary alicyclic amines) is 2. The van der Waals surface area contributed by atoms with Crippen LogP contribution in [0.5, 0.6) is 0 Å². The fraction of sp³-hybridized carbons (Fsp3) is 0.778. The molecule has 0 aliphatic carbocycles. The molecule has 0 N–H and O–H groups in total. The second-order valence-corrected chi connectivity index (χ2v) is 7.58. The summed E-state index contributed by atoms with van der Waals surface area (Å²) in [6.07, 6.45) is 3.25. The number of carbonyl (C=O) groups is 1. The summed E-state index contributed by atoms with van der Waals surface area (Å²) in [5, 5.41) is 4.05. The van der Waals surface area contributed by atoms with E-state index < -0.39 is 0 Å². The van der Waals surface area contributed by atoms with Crippen molar-refractivity contribution in [2.45, 2.75) is 45.8 Å². The van der Waals surface area contributed by atoms with E-state index in [1.807, 2.05) is 18.7 Å². The van der Waals surface area contributed by atoms with Crippen LogP contribution in [0.3, 0.4) is 0 Å². The highest BCUT2D eigenvalue weighted by atomic mass is 16.5. The van der Waals surface area contributed by atoms with Crippen LogP contribution in [0.25, 0.3) is 0 Å². The zero-order valence-corrected chi connectivity index (χ0v) is 14.7. The maximum Gasteiger partial charge on any atom is 0.222 e. The van der Waals surface area contributed by atoms with Gasteiger partial charge >= 0.3 is 0 Å². The Labute approximate surface area is 143 Å². The molecule has 4 heterocycles. The first-order valence-electron chi connectivity index (χ1n) is 9.15. The van der Waals surface area contributed by atoms with E-state index in [1.54, 1.807) is 0 Å². The second kappa shape index (κ2) is 6.48. The molecule has 0 radical (unpaired) electrons. The minimum absolute atomic E-state index is 0.279. The lowest BCUT2D eigenvalue weighted by Crippen LogP contribution is -2.32. The topological polar surface area (TPSA) is 58.8 Å². The van der Waals surface area contributed by atoms with Crippen LogP contribution in [-0.2, 0) is 16.1 Å². The van der Waals surface area contributed by atoms with Gasteiger partial charge in [0.15, 0.2) is 0 Å². The number of fused-ring (bicyclic) bond motifs is 1. The maximum atomic E-state index is 12.5. The predicted octanol–water partition coefficient (Wildman–Crippen LogP) is 1.75. The minimum atomic E-state index is 0.279. The van der Waals surface area contributed by atoms with E-state index in [4.69, 9.17) is 9.26 Å². The van der Waals surface area contributed by atoms with Gasteiger partial charge in [-0.15, -0.1) is 0 Å². The third-order valence-electron chi connectivity index (χ3n) is 5.97. The van der Waals surface area contributed by atoms with E-state index in [-0.39, 0.29) is 6.10 Å². The van der Waals surface area contributed by atoms with Crippen LogP contribution in [0.15, 0.2) is 4.52 Å². The first kappa shape index (κ1) is 16.1. The Hall–Kier alpha value is -1.40. The first-order chi connectivity index (χ1) is 11.6. The molecule has 0 spiro atoms. The van der Waals surface area contributed by atoms with Crippen molar-refractivity contribution in [1.29, 1.82) is 0 Å². The highest BCUT2D eigenvalue weighted by Gasteiger charge is 2.44. The number of aryl methyl sites for hydroxylation is 2. The average molecular weight is 333 g/mol. The summed E-state index contributed by atoms with van der Waals surface area (Å²) in [6.45, 7) is 9.42. The van der Waals surface area contributed by atoms with E-state index >= 15 is 0 Å². The molecule has 1 aromatic rings. The molecule has 6 nitrogen and oxygen atoms in total. The molecule has 24 heavy (non-hydrogen) atoms. The molecule has 3 saturated heterocycles. The summed E-state index contributed by atoms with van der Waals surface area (Å²) in [6, 6.07) is 0. The van der Waals surface area contributed by atoms with Crippen LogP contribution in [0.1, 0.15) is 36.3 Å². The molecule has 1 aromatic heterocycles. The number of rotatable bonds is 4. The van der Waals surface area contributed by atoms with Crippen molar-refractivity contribution < 1.29 is 14.1 Å². The zero-order valence-electron chi connectivity index (χ0n) is 14.7. The lowest BCUT2D eigenvalue weighted by molar-refractivity contribution is -0.131. The van der Waals surface area contributed by atoms with Crippen molar-refractivity contribution in [2.24, 2.45) is 11.8 Å². The molecule has 0 saturated carbocycles. The molecule has 0 bridgehead atoms. The molecule has 3 aliphatic heterocycles. The molecular weight excluding hydrogens is 306 g/mol. The van der Waals surface area contributed by atoms with Crippen LogP contribution in [0, 0.1) is 25.7 Å². The first-order valence-corrected chi connectivity index (χ1v) is 9.15. The lowest BCUT2D eigenvalue weighted by Gasteiger charge is -2.22. The number of ether oxygens (including phenoxy) is 1. The van der Waals surface area contributed by atoms with Gasteiger partial charge in [0.2, 0.25) is 5.91 Å². The van der Waals surface area contributed by atoms with Gasteiger partial charge in [-0.1, -0.05) is 5.16 Å². The molecule has 0 unspecified atom stereocenters. The molecule has 1 amide bonds. The van der Waals surface area contributed by atoms with Gasteiger partial charge in [0.05, 0.1) is 18.4 Å². The minimum Gasteiger partial charge on any atom is -0.376 e. The number of aromatic nitrogens is 1. The van der Waals surface area contributed by atoms with Gasteiger partial charge in [0.25, 0.3) is 0 Å². The zero-order chi connectivity index (χ0) is 16.7. The van der Waals surface area contributed by atoms with Gasteiger partial charge in [-0.05, 0) is 32.6 Å². The van der Waals surface area contributed by atoms with Crippen LogP contribution < -0.4 is 0 Å². The van der Waals surface area contributed by atoms with Crippen LogP contribution >= 0.6 is 0 Å². The Bertz CT molecular complexity index is 589. The number of nitrogens with zero attached hydrogens (tertiary/aromatic N) is 3. The van der Waals surface area contributed by atoms with Crippen molar-refractivity contribution in [3.05, 3.63) is 17.0 Å². The monoisotopic (exact) mass is 333 g/mol. The van der Waals surface area contributed by atoms with Crippen molar-refractivity contribution in [3.63, 3.8) is 0 Å². The van der Waals surface area contributed by atoms with Gasteiger partial charge in [-0.2, -0.15) is 0 Å². The number of hydrogen-bond acceptors (Lipinski definition) is 5. The summed E-state index contributed by atoms with van der Waals surface area (Å²) in [4.78, 5) is 16.9. The highest BCUT2D eigenvalue weighted by molar-refractivity contribution is 5.76. The van der Waals surface area contributed by atoms with Crippen molar-refractivity contribution >= 4 is 5.91 Å². The second-order valence-electron chi connectivity index (χ2n) is 7.58. The molecular formula is C18H27N3O3. The summed E-state index contributed by atoms with van der Waals surface area (Å²) < 4.78 is 11.3. The predicted molar refractivity (Wildman–Crippen MR) is 88.4 cm³/mol. The van der Waals surface area contributed by atoms with Gasteiger partial charge in [-0.3, -0.25) is 9.69 Å². The SMILES string of the molecule is Cc1noc(C)c1CN1C[C@@H]2[C@H](CC(=O)N3CCCC3)CO[C@@H]2C1. The highest BCUT2D eigenvalue weighted by Crippen LogP contribution is 2.37. The molecule has 0 aromatic carbocycles. The standard InChI is InChI=1S/C18H27N3O3/c1-12-15(13(2)24-19-12)8-20-9-16-14(11-23-17(16)10-20)7-18(22)21-5-3-4-6-21/h14,16-17H,3-11H2,1-2H3/t14-,16-,17-/m1/s1. The van der Waals surface area contributed by atoms with E-state index in [2.05, 4.69) is 10.1 Å². The largest absolute Gasteiger partial charge is 0.376 e. The number of carbonyl (C=O) groups excluding carboxylic acids is 1. The van der Waals surface area contributed by atoms with Gasteiger partial charge in [0, 0.05) is 50.6 Å². The molecule has 6 heteroatoms. The molecule has 3 aliphatic rings. The third-order valence-corrected chi connectivity index (χ3v) is 5.97. The summed E-state index contributed by atoms with van der Waals surface area (Å²) in [5.41, 5.74) is 2.17. The molecule has 3 fully saturated rings. The quantitative estimate of drug-likeness (QED) is 0.840. The van der Waals surface area contributed by atoms with E-state index in [1.165, 1.54) is 5.56 Å². The Morgan fingerprint density at radius 1 is 1.25 bits per heavy atom. The summed E-state index contributed by atoms with van der Waals surface area (Å²) in [5.74, 6) is 2.09. The Morgan fingerprint density at radius 3 is 2.75 bits per heavy atom. The Kier molecular flexibility index (Phi) is 4.35. The fourth-order valence-electron chi connectivity index (χ4n) is 4.49. The fourth-order valence-corrected chi connectivity index (χ4v) is 4.49. The maximum absolute atomic E-state index is 12.5. The van der Waals surface area contributed by atoms with Gasteiger partial charge in [0.1, 0.15) is 5.76 Å².